The van der Waals surface area contributed by atoms with E-state index in [0.717, 1.165) is 33.6 Å². The molecule has 5 heteroatoms. The molecule has 0 aliphatic carbocycles. The van der Waals surface area contributed by atoms with E-state index in [2.05, 4.69) is 37.9 Å². The molecule has 1 fully saturated rings. The molecule has 84 valence electrons. The second kappa shape index (κ2) is 5.50. The number of alkyl halides is 1. The Hall–Kier alpha value is 0.910. The van der Waals surface area contributed by atoms with Crippen molar-refractivity contribution in [1.29, 1.82) is 0 Å². The average molecular weight is 375 g/mol. The molecule has 2 heterocycles. The topological polar surface area (TPSA) is 9.23 Å². The number of halogens is 3. The predicted molar refractivity (Wildman–Crippen MR) is 71.9 cm³/mol. The molecule has 1 aliphatic rings. The van der Waals surface area contributed by atoms with Gasteiger partial charge in [0.15, 0.2) is 0 Å². The number of hydrogen-bond donors (Lipinski definition) is 0. The van der Waals surface area contributed by atoms with E-state index in [1.165, 1.54) is 5.56 Å². The van der Waals surface area contributed by atoms with Gasteiger partial charge in [0.2, 0.25) is 0 Å². The van der Waals surface area contributed by atoms with Gasteiger partial charge in [0.25, 0.3) is 0 Å². The van der Waals surface area contributed by atoms with Crippen LogP contribution >= 0.6 is 54.8 Å². The molecule has 0 amide bonds. The largest absolute Gasteiger partial charge is 0.381 e. The lowest BCUT2D eigenvalue weighted by atomic mass is 9.93. The minimum absolute atomic E-state index is 0.103. The summed E-state index contributed by atoms with van der Waals surface area (Å²) in [7, 11) is 0. The van der Waals surface area contributed by atoms with Crippen LogP contribution in [0.15, 0.2) is 13.6 Å². The van der Waals surface area contributed by atoms with E-state index in [-0.39, 0.29) is 5.38 Å². The van der Waals surface area contributed by atoms with E-state index in [9.17, 15) is 0 Å². The second-order valence-corrected chi connectivity index (χ2v) is 7.85. The lowest BCUT2D eigenvalue weighted by molar-refractivity contribution is 0.0650. The Labute approximate surface area is 115 Å². The Morgan fingerprint density at radius 2 is 2.07 bits per heavy atom. The minimum Gasteiger partial charge on any atom is -0.381 e. The van der Waals surface area contributed by atoms with Crippen molar-refractivity contribution in [2.45, 2.75) is 18.2 Å². The van der Waals surface area contributed by atoms with Crippen molar-refractivity contribution in [3.05, 3.63) is 19.2 Å². The lowest BCUT2D eigenvalue weighted by Crippen LogP contribution is -2.19. The van der Waals surface area contributed by atoms with Crippen molar-refractivity contribution in [2.24, 2.45) is 5.92 Å². The predicted octanol–water partition coefficient (Wildman–Crippen LogP) is 4.98. The maximum absolute atomic E-state index is 6.50. The number of ether oxygens (including phenoxy) is 1. The summed E-state index contributed by atoms with van der Waals surface area (Å²) in [5.74, 6) is 0.540. The van der Waals surface area contributed by atoms with Crippen molar-refractivity contribution in [3.63, 3.8) is 0 Å². The van der Waals surface area contributed by atoms with Crippen LogP contribution in [-0.4, -0.2) is 13.2 Å². The molecule has 1 atom stereocenters. The van der Waals surface area contributed by atoms with Crippen LogP contribution in [-0.2, 0) is 4.74 Å². The maximum atomic E-state index is 6.50. The second-order valence-electron chi connectivity index (χ2n) is 3.63. The number of rotatable bonds is 2. The quantitative estimate of drug-likeness (QED) is 0.664. The third-order valence-electron chi connectivity index (χ3n) is 2.66. The molecule has 1 unspecified atom stereocenters. The van der Waals surface area contributed by atoms with Gasteiger partial charge in [-0.1, -0.05) is 0 Å². The normalized spacial score (nSPS) is 20.5. The zero-order chi connectivity index (χ0) is 10.8. The van der Waals surface area contributed by atoms with E-state index in [0.29, 0.717) is 5.92 Å². The molecule has 1 nitrogen and oxygen atoms in total. The van der Waals surface area contributed by atoms with E-state index in [4.69, 9.17) is 16.3 Å². The van der Waals surface area contributed by atoms with Crippen LogP contribution in [0.2, 0.25) is 0 Å². The smallest absolute Gasteiger partial charge is 0.0757 e. The molecule has 0 spiro atoms. The molecule has 1 saturated heterocycles. The highest BCUT2D eigenvalue weighted by Crippen LogP contribution is 2.43. The first-order valence-electron chi connectivity index (χ1n) is 4.85. The van der Waals surface area contributed by atoms with Gasteiger partial charge in [-0.15, -0.1) is 22.9 Å². The monoisotopic (exact) mass is 372 g/mol. The molecule has 2 rings (SSSR count). The third-order valence-corrected chi connectivity index (χ3v) is 5.64. The molecule has 1 aromatic heterocycles. The molecule has 0 radical (unpaired) electrons. The van der Waals surface area contributed by atoms with Gasteiger partial charge in [0, 0.05) is 13.2 Å². The van der Waals surface area contributed by atoms with E-state index in [1.54, 1.807) is 11.3 Å². The molecule has 0 bridgehead atoms. The Balaban J connectivity index is 2.12. The molecule has 1 aromatic rings. The average Bonchev–Trinajstić information content (AvgIpc) is 2.58. The molecular formula is C10H11Br2ClOS. The fourth-order valence-electron chi connectivity index (χ4n) is 1.80. The third kappa shape index (κ3) is 2.97. The van der Waals surface area contributed by atoms with Crippen molar-refractivity contribution < 1.29 is 4.74 Å². The zero-order valence-corrected chi connectivity index (χ0v) is 12.8. The molecule has 0 saturated carbocycles. The summed E-state index contributed by atoms with van der Waals surface area (Å²) in [4.78, 5) is 0. The fourth-order valence-corrected chi connectivity index (χ4v) is 5.35. The molecular weight excluding hydrogens is 363 g/mol. The summed E-state index contributed by atoms with van der Waals surface area (Å²) < 4.78 is 7.61. The highest BCUT2D eigenvalue weighted by Gasteiger charge is 2.26. The van der Waals surface area contributed by atoms with Gasteiger partial charge >= 0.3 is 0 Å². The van der Waals surface area contributed by atoms with Gasteiger partial charge in [0.05, 0.1) is 12.9 Å². The van der Waals surface area contributed by atoms with Gasteiger partial charge in [-0.05, 0) is 62.2 Å². The first kappa shape index (κ1) is 12.4. The number of hydrogen-bond acceptors (Lipinski definition) is 2. The Kier molecular flexibility index (Phi) is 4.53. The first-order chi connectivity index (χ1) is 7.18. The Morgan fingerprint density at radius 3 is 2.60 bits per heavy atom. The highest BCUT2D eigenvalue weighted by molar-refractivity contribution is 9.12. The molecule has 0 N–H and O–H groups in total. The van der Waals surface area contributed by atoms with Crippen LogP contribution in [0.4, 0.5) is 0 Å². The van der Waals surface area contributed by atoms with Crippen LogP contribution in [0.5, 0.6) is 0 Å². The standard InChI is InChI=1S/C10H11Br2ClOS/c11-8-5-7(10(12)15-8)9(13)6-1-3-14-4-2-6/h5-6,9H,1-4H2. The van der Waals surface area contributed by atoms with Crippen LogP contribution in [0, 0.1) is 5.92 Å². The van der Waals surface area contributed by atoms with E-state index >= 15 is 0 Å². The highest BCUT2D eigenvalue weighted by atomic mass is 79.9. The van der Waals surface area contributed by atoms with Gasteiger partial charge in [0.1, 0.15) is 0 Å². The van der Waals surface area contributed by atoms with E-state index < -0.39 is 0 Å². The molecule has 1 aliphatic heterocycles. The number of thiophene rings is 1. The summed E-state index contributed by atoms with van der Waals surface area (Å²) in [6, 6.07) is 2.11. The Morgan fingerprint density at radius 1 is 1.40 bits per heavy atom. The summed E-state index contributed by atoms with van der Waals surface area (Å²) in [5, 5.41) is 0.103. The minimum atomic E-state index is 0.103. The van der Waals surface area contributed by atoms with Crippen LogP contribution in [0.3, 0.4) is 0 Å². The van der Waals surface area contributed by atoms with Crippen molar-refractivity contribution in [2.75, 3.05) is 13.2 Å². The van der Waals surface area contributed by atoms with Crippen LogP contribution in [0.25, 0.3) is 0 Å². The van der Waals surface area contributed by atoms with Gasteiger partial charge in [-0.2, -0.15) is 0 Å². The van der Waals surface area contributed by atoms with Gasteiger partial charge in [-0.25, -0.2) is 0 Å². The van der Waals surface area contributed by atoms with Crippen molar-refractivity contribution >= 4 is 54.8 Å². The first-order valence-corrected chi connectivity index (χ1v) is 7.69. The summed E-state index contributed by atoms with van der Waals surface area (Å²) in [5.41, 5.74) is 1.21. The molecule has 0 aromatic carbocycles. The zero-order valence-electron chi connectivity index (χ0n) is 8.01. The van der Waals surface area contributed by atoms with E-state index in [1.807, 2.05) is 0 Å². The lowest BCUT2D eigenvalue weighted by Gasteiger charge is -2.26. The van der Waals surface area contributed by atoms with Gasteiger partial charge < -0.3 is 4.74 Å². The van der Waals surface area contributed by atoms with Crippen molar-refractivity contribution in [3.8, 4) is 0 Å². The summed E-state index contributed by atoms with van der Waals surface area (Å²) >= 11 is 15.2. The summed E-state index contributed by atoms with van der Waals surface area (Å²) in [6.45, 7) is 1.69. The van der Waals surface area contributed by atoms with Crippen molar-refractivity contribution in [1.82, 2.24) is 0 Å². The van der Waals surface area contributed by atoms with Crippen LogP contribution < -0.4 is 0 Å². The van der Waals surface area contributed by atoms with Gasteiger partial charge in [-0.3, -0.25) is 0 Å². The maximum Gasteiger partial charge on any atom is 0.0757 e. The fraction of sp³-hybridized carbons (Fsp3) is 0.600. The summed E-state index contributed by atoms with van der Waals surface area (Å²) in [6.07, 6.45) is 2.13. The molecule has 15 heavy (non-hydrogen) atoms. The SMILES string of the molecule is ClC(c1cc(Br)sc1Br)C1CCOCC1. The van der Waals surface area contributed by atoms with Crippen LogP contribution in [0.1, 0.15) is 23.8 Å². The Bertz CT molecular complexity index is 336.